The van der Waals surface area contributed by atoms with Crippen LogP contribution in [0, 0.1) is 0 Å². The summed E-state index contributed by atoms with van der Waals surface area (Å²) in [5.41, 5.74) is 1.41. The monoisotopic (exact) mass is 406 g/mol. The maximum absolute atomic E-state index is 12.1. The second-order valence-electron chi connectivity index (χ2n) is 5.08. The van der Waals surface area contributed by atoms with E-state index in [1.54, 1.807) is 25.3 Å². The van der Waals surface area contributed by atoms with Crippen LogP contribution in [-0.4, -0.2) is 30.3 Å². The van der Waals surface area contributed by atoms with Gasteiger partial charge in [0.1, 0.15) is 0 Å². The normalized spacial score (nSPS) is 10.6. The molecule has 124 valence electrons. The first-order valence-electron chi connectivity index (χ1n) is 7.19. The fourth-order valence-corrected chi connectivity index (χ4v) is 2.53. The fraction of sp³-hybridized carbons (Fsp3) is 0.111. The molecule has 0 aromatic heterocycles. The third-order valence-corrected chi connectivity index (χ3v) is 4.25. The van der Waals surface area contributed by atoms with Gasteiger partial charge in [-0.25, -0.2) is 0 Å². The summed E-state index contributed by atoms with van der Waals surface area (Å²) in [5.74, 6) is -0.555. The Hall–Kier alpha value is -2.11. The summed E-state index contributed by atoms with van der Waals surface area (Å²) in [7, 11) is 1.57. The first-order valence-corrected chi connectivity index (χ1v) is 8.36. The summed E-state index contributed by atoms with van der Waals surface area (Å²) in [6.45, 7) is -0.0486. The molecular weight excluding hydrogens is 392 g/mol. The van der Waals surface area contributed by atoms with Gasteiger partial charge >= 0.3 is 0 Å². The molecule has 0 saturated heterocycles. The van der Waals surface area contributed by atoms with E-state index < -0.39 is 0 Å². The molecule has 0 aliphatic carbocycles. The standard InChI is InChI=1S/C18H16BrClN2O2/c1-22(12-17(23)21-16-9-5-3-7-14(16)19)18(24)11-10-13-6-2-4-8-15(13)20/h2-11H,12H2,1H3,(H,21,23)/b11-10+. The van der Waals surface area contributed by atoms with Crippen molar-refractivity contribution >= 4 is 51.1 Å². The van der Waals surface area contributed by atoms with E-state index in [0.29, 0.717) is 10.7 Å². The lowest BCUT2D eigenvalue weighted by Gasteiger charge is -2.15. The molecule has 24 heavy (non-hydrogen) atoms. The Kier molecular flexibility index (Phi) is 6.58. The second kappa shape index (κ2) is 8.66. The Morgan fingerprint density at radius 1 is 1.17 bits per heavy atom. The summed E-state index contributed by atoms with van der Waals surface area (Å²) in [6.07, 6.45) is 3.03. The Bertz CT molecular complexity index is 777. The van der Waals surface area contributed by atoms with Gasteiger partial charge in [-0.15, -0.1) is 0 Å². The van der Waals surface area contributed by atoms with Crippen LogP contribution < -0.4 is 5.32 Å². The Morgan fingerprint density at radius 2 is 1.83 bits per heavy atom. The maximum atomic E-state index is 12.1. The molecule has 2 rings (SSSR count). The Labute approximate surface area is 154 Å². The zero-order chi connectivity index (χ0) is 17.5. The zero-order valence-electron chi connectivity index (χ0n) is 13.0. The molecule has 1 N–H and O–H groups in total. The molecular formula is C18H16BrClN2O2. The molecule has 0 unspecified atom stereocenters. The number of nitrogens with zero attached hydrogens (tertiary/aromatic N) is 1. The Morgan fingerprint density at radius 3 is 2.54 bits per heavy atom. The quantitative estimate of drug-likeness (QED) is 0.755. The van der Waals surface area contributed by atoms with Crippen LogP contribution in [-0.2, 0) is 9.59 Å². The van der Waals surface area contributed by atoms with Crippen LogP contribution in [0.3, 0.4) is 0 Å². The lowest BCUT2D eigenvalue weighted by atomic mass is 10.2. The van der Waals surface area contributed by atoms with Crippen LogP contribution in [0.2, 0.25) is 5.02 Å². The topological polar surface area (TPSA) is 49.4 Å². The molecule has 0 aliphatic heterocycles. The Balaban J connectivity index is 1.93. The molecule has 2 amide bonds. The molecule has 0 atom stereocenters. The second-order valence-corrected chi connectivity index (χ2v) is 6.34. The summed E-state index contributed by atoms with van der Waals surface area (Å²) >= 11 is 9.39. The summed E-state index contributed by atoms with van der Waals surface area (Å²) in [4.78, 5) is 25.5. The van der Waals surface area contributed by atoms with Crippen LogP contribution in [0.1, 0.15) is 5.56 Å². The first-order chi connectivity index (χ1) is 11.5. The van der Waals surface area contributed by atoms with E-state index in [4.69, 9.17) is 11.6 Å². The van der Waals surface area contributed by atoms with Crippen LogP contribution in [0.15, 0.2) is 59.1 Å². The highest BCUT2D eigenvalue weighted by molar-refractivity contribution is 9.10. The number of rotatable bonds is 5. The van der Waals surface area contributed by atoms with Crippen molar-refractivity contribution in [2.45, 2.75) is 0 Å². The highest BCUT2D eigenvalue weighted by atomic mass is 79.9. The number of carbonyl (C=O) groups is 2. The largest absolute Gasteiger partial charge is 0.333 e. The van der Waals surface area contributed by atoms with Crippen molar-refractivity contribution < 1.29 is 9.59 Å². The summed E-state index contributed by atoms with van der Waals surface area (Å²) in [5, 5.41) is 3.32. The minimum Gasteiger partial charge on any atom is -0.333 e. The lowest BCUT2D eigenvalue weighted by Crippen LogP contribution is -2.33. The minimum absolute atomic E-state index is 0.0486. The molecule has 4 nitrogen and oxygen atoms in total. The van der Waals surface area contributed by atoms with Crippen molar-refractivity contribution in [3.05, 3.63) is 69.7 Å². The lowest BCUT2D eigenvalue weighted by molar-refractivity contribution is -0.129. The molecule has 0 spiro atoms. The van der Waals surface area contributed by atoms with Crippen molar-refractivity contribution in [3.8, 4) is 0 Å². The van der Waals surface area contributed by atoms with Crippen LogP contribution in [0.25, 0.3) is 6.08 Å². The average Bonchev–Trinajstić information content (AvgIpc) is 2.56. The molecule has 0 radical (unpaired) electrons. The van der Waals surface area contributed by atoms with Crippen LogP contribution in [0.5, 0.6) is 0 Å². The van der Waals surface area contributed by atoms with E-state index in [-0.39, 0.29) is 18.4 Å². The van der Waals surface area contributed by atoms with Gasteiger partial charge in [-0.2, -0.15) is 0 Å². The number of hydrogen-bond acceptors (Lipinski definition) is 2. The average molecular weight is 408 g/mol. The van der Waals surface area contributed by atoms with Gasteiger partial charge in [0.25, 0.3) is 0 Å². The highest BCUT2D eigenvalue weighted by Crippen LogP contribution is 2.21. The van der Waals surface area contributed by atoms with Gasteiger partial charge in [0.05, 0.1) is 12.2 Å². The SMILES string of the molecule is CN(CC(=O)Nc1ccccc1Br)C(=O)/C=C/c1ccccc1Cl. The van der Waals surface area contributed by atoms with Crippen LogP contribution >= 0.6 is 27.5 Å². The number of nitrogens with one attached hydrogen (secondary N) is 1. The van der Waals surface area contributed by atoms with Gasteiger partial charge in [-0.05, 0) is 45.8 Å². The zero-order valence-corrected chi connectivity index (χ0v) is 15.3. The molecule has 2 aromatic rings. The first kappa shape index (κ1) is 18.2. The molecule has 2 aromatic carbocycles. The van der Waals surface area contributed by atoms with Gasteiger partial charge in [0.2, 0.25) is 11.8 Å². The summed E-state index contributed by atoms with van der Waals surface area (Å²) in [6, 6.07) is 14.5. The molecule has 0 saturated carbocycles. The molecule has 0 bridgehead atoms. The van der Waals surface area contributed by atoms with Crippen molar-refractivity contribution in [3.63, 3.8) is 0 Å². The maximum Gasteiger partial charge on any atom is 0.246 e. The van der Waals surface area contributed by atoms with Gasteiger partial charge in [0, 0.05) is 22.6 Å². The molecule has 0 heterocycles. The van der Waals surface area contributed by atoms with Crippen molar-refractivity contribution in [2.75, 3.05) is 18.9 Å². The van der Waals surface area contributed by atoms with Gasteiger partial charge in [0.15, 0.2) is 0 Å². The molecule has 6 heteroatoms. The number of hydrogen-bond donors (Lipinski definition) is 1. The van der Waals surface area contributed by atoms with E-state index in [2.05, 4.69) is 21.2 Å². The number of para-hydroxylation sites is 1. The van der Waals surface area contributed by atoms with Crippen molar-refractivity contribution in [1.82, 2.24) is 4.90 Å². The van der Waals surface area contributed by atoms with E-state index in [9.17, 15) is 9.59 Å². The number of halogens is 2. The van der Waals surface area contributed by atoms with E-state index in [0.717, 1.165) is 10.0 Å². The molecule has 0 aliphatic rings. The van der Waals surface area contributed by atoms with E-state index in [1.807, 2.05) is 36.4 Å². The third-order valence-electron chi connectivity index (χ3n) is 3.22. The van der Waals surface area contributed by atoms with Crippen molar-refractivity contribution in [2.24, 2.45) is 0 Å². The highest BCUT2D eigenvalue weighted by Gasteiger charge is 2.11. The smallest absolute Gasteiger partial charge is 0.246 e. The van der Waals surface area contributed by atoms with Gasteiger partial charge in [-0.3, -0.25) is 9.59 Å². The van der Waals surface area contributed by atoms with E-state index in [1.165, 1.54) is 11.0 Å². The predicted octanol–water partition coefficient (Wildman–Crippen LogP) is 4.21. The third kappa shape index (κ3) is 5.22. The summed E-state index contributed by atoms with van der Waals surface area (Å²) < 4.78 is 0.783. The number of amides is 2. The predicted molar refractivity (Wildman–Crippen MR) is 101 cm³/mol. The van der Waals surface area contributed by atoms with Gasteiger partial charge < -0.3 is 10.2 Å². The van der Waals surface area contributed by atoms with E-state index >= 15 is 0 Å². The van der Waals surface area contributed by atoms with Crippen LogP contribution in [0.4, 0.5) is 5.69 Å². The number of likely N-dealkylation sites (N-methyl/N-ethyl adjacent to an activating group) is 1. The van der Waals surface area contributed by atoms with Crippen molar-refractivity contribution in [1.29, 1.82) is 0 Å². The van der Waals surface area contributed by atoms with Gasteiger partial charge in [-0.1, -0.05) is 41.9 Å². The molecule has 0 fully saturated rings. The fourth-order valence-electron chi connectivity index (χ4n) is 1.94. The number of benzene rings is 2. The minimum atomic E-state index is -0.280. The number of carbonyl (C=O) groups excluding carboxylic acids is 2. The number of anilines is 1.